The van der Waals surface area contributed by atoms with Gasteiger partial charge in [-0.2, -0.15) is 4.98 Å². The number of hydrogen-bond acceptors (Lipinski definition) is 6. The molecule has 2 aromatic carbocycles. The van der Waals surface area contributed by atoms with Gasteiger partial charge in [-0.05, 0) is 32.0 Å². The highest BCUT2D eigenvalue weighted by atomic mass is 19.1. The fourth-order valence-corrected chi connectivity index (χ4v) is 2.64. The molecule has 0 fully saturated rings. The van der Waals surface area contributed by atoms with Crippen LogP contribution in [0.3, 0.4) is 0 Å². The number of halogens is 1. The van der Waals surface area contributed by atoms with Crippen molar-refractivity contribution in [3.05, 3.63) is 77.2 Å². The molecular weight excluding hydrogens is 359 g/mol. The monoisotopic (exact) mass is 380 g/mol. The first-order valence-corrected chi connectivity index (χ1v) is 8.93. The van der Waals surface area contributed by atoms with Crippen LogP contribution in [0.25, 0.3) is 0 Å². The summed E-state index contributed by atoms with van der Waals surface area (Å²) in [5, 5.41) is 6.17. The van der Waals surface area contributed by atoms with Gasteiger partial charge in [-0.15, -0.1) is 0 Å². The second-order valence-electron chi connectivity index (χ2n) is 6.05. The van der Waals surface area contributed by atoms with Crippen molar-refractivity contribution in [1.82, 2.24) is 9.97 Å². The molecule has 1 heterocycles. The summed E-state index contributed by atoms with van der Waals surface area (Å²) in [5.41, 5.74) is 2.21. The summed E-state index contributed by atoms with van der Waals surface area (Å²) in [7, 11) is 0. The van der Waals surface area contributed by atoms with E-state index in [2.05, 4.69) is 20.6 Å². The lowest BCUT2D eigenvalue weighted by molar-refractivity contribution is 0.0527. The summed E-state index contributed by atoms with van der Waals surface area (Å²) in [6.07, 6.45) is 0. The van der Waals surface area contributed by atoms with E-state index in [0.717, 1.165) is 5.69 Å². The molecule has 3 rings (SSSR count). The van der Waals surface area contributed by atoms with E-state index in [1.165, 1.54) is 6.07 Å². The smallest absolute Gasteiger partial charge is 0.340 e. The zero-order valence-electron chi connectivity index (χ0n) is 15.7. The van der Waals surface area contributed by atoms with E-state index in [1.807, 2.05) is 6.92 Å². The average molecular weight is 380 g/mol. The number of rotatable bonds is 7. The van der Waals surface area contributed by atoms with Crippen LogP contribution in [0.2, 0.25) is 0 Å². The number of anilines is 3. The molecule has 7 heteroatoms. The Kier molecular flexibility index (Phi) is 6.16. The molecule has 0 aliphatic heterocycles. The summed E-state index contributed by atoms with van der Waals surface area (Å²) < 4.78 is 18.9. The zero-order chi connectivity index (χ0) is 19.9. The van der Waals surface area contributed by atoms with Gasteiger partial charge in [-0.25, -0.2) is 14.2 Å². The van der Waals surface area contributed by atoms with Crippen LogP contribution in [0.15, 0.2) is 54.6 Å². The van der Waals surface area contributed by atoms with Gasteiger partial charge in [0.05, 0.1) is 17.9 Å². The maximum atomic E-state index is 13.8. The number of para-hydroxylation sites is 1. The van der Waals surface area contributed by atoms with Crippen molar-refractivity contribution in [2.24, 2.45) is 0 Å². The second kappa shape index (κ2) is 8.94. The van der Waals surface area contributed by atoms with Gasteiger partial charge in [0, 0.05) is 23.9 Å². The molecule has 0 aliphatic rings. The van der Waals surface area contributed by atoms with E-state index in [1.54, 1.807) is 55.5 Å². The van der Waals surface area contributed by atoms with E-state index >= 15 is 0 Å². The second-order valence-corrected chi connectivity index (χ2v) is 6.05. The van der Waals surface area contributed by atoms with E-state index in [0.29, 0.717) is 35.1 Å². The van der Waals surface area contributed by atoms with E-state index < -0.39 is 5.97 Å². The van der Waals surface area contributed by atoms with Crippen LogP contribution < -0.4 is 10.6 Å². The third kappa shape index (κ3) is 4.82. The standard InChI is InChI=1S/C21H21FN4O2/c1-3-28-20(27)16-9-5-7-11-18(16)25-21-24-14(2)12-19(26-21)23-13-15-8-4-6-10-17(15)22/h4-12H,3,13H2,1-2H3,(H2,23,24,25,26). The molecule has 0 saturated carbocycles. The van der Waals surface area contributed by atoms with Gasteiger partial charge in [0.2, 0.25) is 5.95 Å². The van der Waals surface area contributed by atoms with E-state index in [-0.39, 0.29) is 12.4 Å². The minimum atomic E-state index is -0.420. The highest BCUT2D eigenvalue weighted by Crippen LogP contribution is 2.21. The Hall–Kier alpha value is -3.48. The van der Waals surface area contributed by atoms with Crippen molar-refractivity contribution in [1.29, 1.82) is 0 Å². The van der Waals surface area contributed by atoms with E-state index in [9.17, 15) is 9.18 Å². The van der Waals surface area contributed by atoms with Crippen LogP contribution in [0.4, 0.5) is 21.8 Å². The first-order chi connectivity index (χ1) is 13.6. The molecule has 6 nitrogen and oxygen atoms in total. The highest BCUT2D eigenvalue weighted by molar-refractivity contribution is 5.96. The van der Waals surface area contributed by atoms with Gasteiger partial charge in [0.15, 0.2) is 0 Å². The van der Waals surface area contributed by atoms with Crippen LogP contribution in [-0.4, -0.2) is 22.5 Å². The third-order valence-electron chi connectivity index (χ3n) is 3.94. The third-order valence-corrected chi connectivity index (χ3v) is 3.94. The van der Waals surface area contributed by atoms with E-state index in [4.69, 9.17) is 4.74 Å². The number of nitrogens with zero attached hydrogens (tertiary/aromatic N) is 2. The maximum absolute atomic E-state index is 13.8. The number of benzene rings is 2. The lowest BCUT2D eigenvalue weighted by Crippen LogP contribution is -2.10. The first-order valence-electron chi connectivity index (χ1n) is 8.93. The van der Waals surface area contributed by atoms with Gasteiger partial charge in [-0.1, -0.05) is 30.3 Å². The molecule has 28 heavy (non-hydrogen) atoms. The Balaban J connectivity index is 1.79. The number of ether oxygens (including phenoxy) is 1. The lowest BCUT2D eigenvalue weighted by atomic mass is 10.2. The Bertz CT molecular complexity index is 978. The molecule has 1 aromatic heterocycles. The summed E-state index contributed by atoms with van der Waals surface area (Å²) >= 11 is 0. The predicted octanol–water partition coefficient (Wildman–Crippen LogP) is 4.46. The van der Waals surface area contributed by atoms with Gasteiger partial charge in [0.1, 0.15) is 11.6 Å². The van der Waals surface area contributed by atoms with Crippen molar-refractivity contribution in [2.75, 3.05) is 17.2 Å². The minimum absolute atomic E-state index is 0.275. The number of aryl methyl sites for hydroxylation is 1. The zero-order valence-corrected chi connectivity index (χ0v) is 15.7. The molecule has 0 amide bonds. The molecule has 0 radical (unpaired) electrons. The largest absolute Gasteiger partial charge is 0.462 e. The molecule has 0 atom stereocenters. The van der Waals surface area contributed by atoms with Crippen molar-refractivity contribution in [3.63, 3.8) is 0 Å². The number of carbonyl (C=O) groups excluding carboxylic acids is 1. The molecule has 0 saturated heterocycles. The summed E-state index contributed by atoms with van der Waals surface area (Å²) in [6, 6.07) is 15.3. The van der Waals surface area contributed by atoms with Crippen LogP contribution in [0.5, 0.6) is 0 Å². The minimum Gasteiger partial charge on any atom is -0.462 e. The van der Waals surface area contributed by atoms with Crippen LogP contribution in [0.1, 0.15) is 28.5 Å². The number of aromatic nitrogens is 2. The quantitative estimate of drug-likeness (QED) is 0.590. The van der Waals surface area contributed by atoms with Crippen molar-refractivity contribution in [3.8, 4) is 0 Å². The van der Waals surface area contributed by atoms with Crippen LogP contribution in [-0.2, 0) is 11.3 Å². The number of hydrogen-bond donors (Lipinski definition) is 2. The first kappa shape index (κ1) is 19.3. The number of carbonyl (C=O) groups is 1. The van der Waals surface area contributed by atoms with Crippen molar-refractivity contribution < 1.29 is 13.9 Å². The fourth-order valence-electron chi connectivity index (χ4n) is 2.64. The summed E-state index contributed by atoms with van der Waals surface area (Å²) in [4.78, 5) is 20.9. The van der Waals surface area contributed by atoms with Gasteiger partial charge in [-0.3, -0.25) is 0 Å². The number of nitrogens with one attached hydrogen (secondary N) is 2. The Morgan fingerprint density at radius 2 is 1.86 bits per heavy atom. The molecule has 0 spiro atoms. The van der Waals surface area contributed by atoms with Gasteiger partial charge < -0.3 is 15.4 Å². The molecule has 2 N–H and O–H groups in total. The normalized spacial score (nSPS) is 10.4. The number of esters is 1. The fraction of sp³-hybridized carbons (Fsp3) is 0.190. The molecule has 144 valence electrons. The summed E-state index contributed by atoms with van der Waals surface area (Å²) in [5.74, 6) is 0.179. The summed E-state index contributed by atoms with van der Waals surface area (Å²) in [6.45, 7) is 4.17. The molecule has 3 aromatic rings. The Morgan fingerprint density at radius 1 is 1.11 bits per heavy atom. The van der Waals surface area contributed by atoms with Gasteiger partial charge >= 0.3 is 5.97 Å². The van der Waals surface area contributed by atoms with Gasteiger partial charge in [0.25, 0.3) is 0 Å². The molecule has 0 aliphatic carbocycles. The SMILES string of the molecule is CCOC(=O)c1ccccc1Nc1nc(C)cc(NCc2ccccc2F)n1. The molecule has 0 unspecified atom stereocenters. The maximum Gasteiger partial charge on any atom is 0.340 e. The van der Waals surface area contributed by atoms with Crippen LogP contribution >= 0.6 is 0 Å². The average Bonchev–Trinajstić information content (AvgIpc) is 2.67. The van der Waals surface area contributed by atoms with Crippen molar-refractivity contribution in [2.45, 2.75) is 20.4 Å². The molecule has 0 bridgehead atoms. The van der Waals surface area contributed by atoms with Crippen molar-refractivity contribution >= 4 is 23.4 Å². The highest BCUT2D eigenvalue weighted by Gasteiger charge is 2.13. The van der Waals surface area contributed by atoms with Crippen LogP contribution in [0, 0.1) is 12.7 Å². The molecular formula is C21H21FN4O2. The topological polar surface area (TPSA) is 76.1 Å². The Labute approximate surface area is 162 Å². The Morgan fingerprint density at radius 3 is 2.64 bits per heavy atom. The predicted molar refractivity (Wildman–Crippen MR) is 106 cm³/mol. The lowest BCUT2D eigenvalue weighted by Gasteiger charge is -2.12.